The number of carbonyl (C=O) groups is 1. The fourth-order valence-electron chi connectivity index (χ4n) is 3.22. The maximum Gasteiger partial charge on any atom is 0.231 e. The van der Waals surface area contributed by atoms with Crippen molar-refractivity contribution in [1.29, 1.82) is 0 Å². The van der Waals surface area contributed by atoms with Gasteiger partial charge in [0.05, 0.1) is 19.3 Å². The van der Waals surface area contributed by atoms with E-state index in [9.17, 15) is 4.79 Å². The number of nitrogens with zero attached hydrogens (tertiary/aromatic N) is 1. The number of rotatable bonds is 5. The maximum absolute atomic E-state index is 12.3. The predicted molar refractivity (Wildman–Crippen MR) is 94.8 cm³/mol. The second-order valence-electron chi connectivity index (χ2n) is 7.82. The molecule has 0 radical (unpaired) electrons. The number of hydrogen-bond acceptors (Lipinski definition) is 5. The Kier molecular flexibility index (Phi) is 5.49. The Labute approximate surface area is 149 Å². The van der Waals surface area contributed by atoms with Crippen molar-refractivity contribution in [2.45, 2.75) is 33.2 Å². The first-order valence-electron chi connectivity index (χ1n) is 8.90. The summed E-state index contributed by atoms with van der Waals surface area (Å²) in [5.41, 5.74) is 1.11. The summed E-state index contributed by atoms with van der Waals surface area (Å²) in [5.74, 6) is 1.64. The Morgan fingerprint density at radius 2 is 1.92 bits per heavy atom. The molecular weight excluding hydrogens is 320 g/mol. The van der Waals surface area contributed by atoms with Crippen LogP contribution in [-0.4, -0.2) is 50.4 Å². The van der Waals surface area contributed by atoms with Crippen LogP contribution in [-0.2, 0) is 9.53 Å². The number of morpholine rings is 1. The average molecular weight is 348 g/mol. The van der Waals surface area contributed by atoms with Crippen molar-refractivity contribution in [2.24, 2.45) is 5.41 Å². The number of amides is 1. The van der Waals surface area contributed by atoms with Crippen LogP contribution in [0.3, 0.4) is 0 Å². The zero-order valence-electron chi connectivity index (χ0n) is 15.3. The van der Waals surface area contributed by atoms with E-state index in [1.54, 1.807) is 0 Å². The molecule has 1 atom stereocenters. The smallest absolute Gasteiger partial charge is 0.231 e. The molecule has 25 heavy (non-hydrogen) atoms. The molecule has 0 aliphatic carbocycles. The van der Waals surface area contributed by atoms with Crippen LogP contribution in [0.25, 0.3) is 0 Å². The molecule has 1 aromatic rings. The third-order valence-corrected chi connectivity index (χ3v) is 4.45. The molecule has 1 N–H and O–H groups in total. The molecule has 1 unspecified atom stereocenters. The highest BCUT2D eigenvalue weighted by Gasteiger charge is 2.26. The number of carbonyl (C=O) groups excluding carboxylic acids is 1. The fraction of sp³-hybridized carbons (Fsp3) is 0.632. The van der Waals surface area contributed by atoms with Gasteiger partial charge >= 0.3 is 0 Å². The lowest BCUT2D eigenvalue weighted by Crippen LogP contribution is -2.44. The van der Waals surface area contributed by atoms with Crippen molar-refractivity contribution in [1.82, 2.24) is 10.2 Å². The summed E-state index contributed by atoms with van der Waals surface area (Å²) in [7, 11) is 0. The normalized spacial score (nSPS) is 18.8. The van der Waals surface area contributed by atoms with E-state index in [-0.39, 0.29) is 24.2 Å². The molecular formula is C19H28N2O4. The van der Waals surface area contributed by atoms with Crippen LogP contribution >= 0.6 is 0 Å². The summed E-state index contributed by atoms with van der Waals surface area (Å²) in [6.07, 6.45) is 0.518. The molecule has 0 bridgehead atoms. The quantitative estimate of drug-likeness (QED) is 0.885. The molecule has 2 aliphatic heterocycles. The van der Waals surface area contributed by atoms with Crippen molar-refractivity contribution in [3.8, 4) is 11.5 Å². The first kappa shape index (κ1) is 18.0. The van der Waals surface area contributed by atoms with E-state index >= 15 is 0 Å². The molecule has 6 heteroatoms. The number of fused-ring (bicyclic) bond motifs is 1. The Balaban J connectivity index is 1.72. The minimum absolute atomic E-state index is 0.0166. The predicted octanol–water partition coefficient (Wildman–Crippen LogP) is 2.34. The molecule has 1 saturated heterocycles. The lowest BCUT2D eigenvalue weighted by atomic mass is 9.92. The van der Waals surface area contributed by atoms with E-state index in [1.165, 1.54) is 0 Å². The Morgan fingerprint density at radius 3 is 2.64 bits per heavy atom. The van der Waals surface area contributed by atoms with Gasteiger partial charge in [0.25, 0.3) is 0 Å². The number of nitrogens with one attached hydrogen (secondary N) is 1. The molecule has 1 fully saturated rings. The molecule has 6 nitrogen and oxygen atoms in total. The first-order chi connectivity index (χ1) is 11.9. The third kappa shape index (κ3) is 4.86. The van der Waals surface area contributed by atoms with Gasteiger partial charge in [-0.1, -0.05) is 26.8 Å². The highest BCUT2D eigenvalue weighted by atomic mass is 16.7. The van der Waals surface area contributed by atoms with Crippen molar-refractivity contribution in [2.75, 3.05) is 39.6 Å². The fourth-order valence-corrected chi connectivity index (χ4v) is 3.22. The zero-order chi connectivity index (χ0) is 17.9. The minimum Gasteiger partial charge on any atom is -0.454 e. The van der Waals surface area contributed by atoms with Gasteiger partial charge in [-0.05, 0) is 23.1 Å². The lowest BCUT2D eigenvalue weighted by molar-refractivity contribution is -0.123. The van der Waals surface area contributed by atoms with E-state index in [2.05, 4.69) is 37.1 Å². The van der Waals surface area contributed by atoms with Gasteiger partial charge in [0, 0.05) is 26.1 Å². The van der Waals surface area contributed by atoms with E-state index in [1.807, 2.05) is 12.1 Å². The van der Waals surface area contributed by atoms with Crippen LogP contribution < -0.4 is 14.8 Å². The summed E-state index contributed by atoms with van der Waals surface area (Å²) >= 11 is 0. The summed E-state index contributed by atoms with van der Waals surface area (Å²) in [5, 5.41) is 3.11. The molecule has 1 aromatic carbocycles. The Bertz CT molecular complexity index is 606. The maximum atomic E-state index is 12.3. The van der Waals surface area contributed by atoms with Gasteiger partial charge in [-0.15, -0.1) is 0 Å². The van der Waals surface area contributed by atoms with Crippen molar-refractivity contribution in [3.05, 3.63) is 23.8 Å². The SMILES string of the molecule is CC(C)(C)CC(=O)NCC(c1ccc2c(c1)OCO2)N1CCOCC1. The molecule has 2 aliphatic rings. The lowest BCUT2D eigenvalue weighted by Gasteiger charge is -2.35. The molecule has 0 aromatic heterocycles. The van der Waals surface area contributed by atoms with Gasteiger partial charge in [0.15, 0.2) is 11.5 Å². The van der Waals surface area contributed by atoms with E-state index in [4.69, 9.17) is 14.2 Å². The second kappa shape index (κ2) is 7.62. The van der Waals surface area contributed by atoms with Crippen LogP contribution in [0.1, 0.15) is 38.8 Å². The van der Waals surface area contributed by atoms with Crippen LogP contribution in [0.4, 0.5) is 0 Å². The Hall–Kier alpha value is -1.79. The van der Waals surface area contributed by atoms with Gasteiger partial charge in [-0.25, -0.2) is 0 Å². The highest BCUT2D eigenvalue weighted by molar-refractivity contribution is 5.76. The molecule has 0 saturated carbocycles. The largest absolute Gasteiger partial charge is 0.454 e. The molecule has 0 spiro atoms. The average Bonchev–Trinajstić information content (AvgIpc) is 3.02. The minimum atomic E-state index is -0.0166. The summed E-state index contributed by atoms with van der Waals surface area (Å²) < 4.78 is 16.4. The Morgan fingerprint density at radius 1 is 1.20 bits per heavy atom. The second-order valence-corrected chi connectivity index (χ2v) is 7.82. The van der Waals surface area contributed by atoms with Crippen molar-refractivity contribution >= 4 is 5.91 Å². The van der Waals surface area contributed by atoms with E-state index < -0.39 is 0 Å². The summed E-state index contributed by atoms with van der Waals surface area (Å²) in [6, 6.07) is 6.13. The van der Waals surface area contributed by atoms with Crippen LogP contribution in [0.2, 0.25) is 0 Å². The van der Waals surface area contributed by atoms with Crippen LogP contribution in [0.15, 0.2) is 18.2 Å². The number of ether oxygens (including phenoxy) is 3. The molecule has 1 amide bonds. The van der Waals surface area contributed by atoms with Crippen molar-refractivity contribution in [3.63, 3.8) is 0 Å². The standard InChI is InChI=1S/C19H28N2O4/c1-19(2,3)11-18(22)20-12-15(21-6-8-23-9-7-21)14-4-5-16-17(10-14)25-13-24-16/h4-5,10,15H,6-9,11-13H2,1-3H3,(H,20,22). The highest BCUT2D eigenvalue weighted by Crippen LogP contribution is 2.35. The van der Waals surface area contributed by atoms with Crippen LogP contribution in [0, 0.1) is 5.41 Å². The van der Waals surface area contributed by atoms with Gasteiger partial charge in [0.2, 0.25) is 12.7 Å². The van der Waals surface area contributed by atoms with E-state index in [0.29, 0.717) is 13.0 Å². The van der Waals surface area contributed by atoms with Gasteiger partial charge in [0.1, 0.15) is 0 Å². The summed E-state index contributed by atoms with van der Waals surface area (Å²) in [4.78, 5) is 14.6. The molecule has 138 valence electrons. The molecule has 2 heterocycles. The monoisotopic (exact) mass is 348 g/mol. The topological polar surface area (TPSA) is 60.0 Å². The zero-order valence-corrected chi connectivity index (χ0v) is 15.3. The number of benzene rings is 1. The summed E-state index contributed by atoms with van der Waals surface area (Å²) in [6.45, 7) is 10.2. The first-order valence-corrected chi connectivity index (χ1v) is 8.90. The van der Waals surface area contributed by atoms with Gasteiger partial charge in [-0.3, -0.25) is 9.69 Å². The van der Waals surface area contributed by atoms with Crippen molar-refractivity contribution < 1.29 is 19.0 Å². The van der Waals surface area contributed by atoms with Gasteiger partial charge in [-0.2, -0.15) is 0 Å². The molecule has 3 rings (SSSR count). The van der Waals surface area contributed by atoms with Gasteiger partial charge < -0.3 is 19.5 Å². The van der Waals surface area contributed by atoms with Crippen LogP contribution in [0.5, 0.6) is 11.5 Å². The third-order valence-electron chi connectivity index (χ3n) is 4.45. The number of hydrogen-bond donors (Lipinski definition) is 1. The van der Waals surface area contributed by atoms with E-state index in [0.717, 1.165) is 43.4 Å².